The molecule has 14 heavy (non-hydrogen) atoms. The van der Waals surface area contributed by atoms with E-state index in [9.17, 15) is 4.79 Å². The molecule has 0 saturated carbocycles. The highest BCUT2D eigenvalue weighted by Gasteiger charge is 2.07. The van der Waals surface area contributed by atoms with Crippen LogP contribution in [0.3, 0.4) is 0 Å². The van der Waals surface area contributed by atoms with Gasteiger partial charge < -0.3 is 4.52 Å². The Labute approximate surface area is 89.2 Å². The molecule has 1 heterocycles. The quantitative estimate of drug-likeness (QED) is 0.818. The van der Waals surface area contributed by atoms with Crippen molar-refractivity contribution in [2.45, 2.75) is 0 Å². The molecule has 0 bridgehead atoms. The molecule has 2 rings (SSSR count). The second-order valence-corrected chi connectivity index (χ2v) is 3.51. The van der Waals surface area contributed by atoms with Crippen LogP contribution in [0.15, 0.2) is 33.7 Å². The van der Waals surface area contributed by atoms with E-state index in [0.717, 1.165) is 0 Å². The maximum Gasteiger partial charge on any atom is 0.364 e. The lowest BCUT2D eigenvalue weighted by molar-refractivity contribution is 0.392. The Morgan fingerprint density at radius 2 is 2.00 bits per heavy atom. The van der Waals surface area contributed by atoms with Crippen molar-refractivity contribution in [3.63, 3.8) is 0 Å². The summed E-state index contributed by atoms with van der Waals surface area (Å²) in [6, 6.07) is 4.95. The van der Waals surface area contributed by atoms with Gasteiger partial charge in [0.05, 0.1) is 21.8 Å². The number of rotatable bonds is 1. The molecular weight excluding hydrogens is 225 g/mol. The molecule has 0 aliphatic carbocycles. The van der Waals surface area contributed by atoms with Crippen LogP contribution in [0.2, 0.25) is 10.0 Å². The molecule has 1 aromatic heterocycles. The minimum atomic E-state index is -0.427. The topological polar surface area (TPSA) is 46.0 Å². The van der Waals surface area contributed by atoms with E-state index in [-0.39, 0.29) is 0 Å². The fraction of sp³-hybridized carbons (Fsp3) is 0. The van der Waals surface area contributed by atoms with Gasteiger partial charge in [-0.15, -0.1) is 0 Å². The highest BCUT2D eigenvalue weighted by molar-refractivity contribution is 6.42. The van der Waals surface area contributed by atoms with E-state index < -0.39 is 5.63 Å². The first kappa shape index (κ1) is 9.37. The van der Waals surface area contributed by atoms with Crippen LogP contribution < -0.4 is 5.63 Å². The van der Waals surface area contributed by atoms with Gasteiger partial charge in [0.1, 0.15) is 0 Å². The van der Waals surface area contributed by atoms with E-state index in [2.05, 4.69) is 9.68 Å². The summed E-state index contributed by atoms with van der Waals surface area (Å²) in [4.78, 5) is 11.1. The lowest BCUT2D eigenvalue weighted by atomic mass is 10.1. The molecule has 0 spiro atoms. The largest absolute Gasteiger partial charge is 0.364 e. The molecule has 72 valence electrons. The van der Waals surface area contributed by atoms with E-state index in [0.29, 0.717) is 21.2 Å². The maximum absolute atomic E-state index is 11.1. The summed E-state index contributed by atoms with van der Waals surface area (Å²) in [7, 11) is 0. The number of H-pyrrole nitrogens is 1. The zero-order valence-electron chi connectivity index (χ0n) is 6.88. The van der Waals surface area contributed by atoms with Crippen molar-refractivity contribution in [1.29, 1.82) is 0 Å². The van der Waals surface area contributed by atoms with Crippen molar-refractivity contribution >= 4 is 23.2 Å². The first-order valence-corrected chi connectivity index (χ1v) is 4.56. The van der Waals surface area contributed by atoms with Gasteiger partial charge in [0, 0.05) is 0 Å². The molecule has 1 aromatic carbocycles. The van der Waals surface area contributed by atoms with E-state index in [1.54, 1.807) is 18.2 Å². The van der Waals surface area contributed by atoms with Crippen molar-refractivity contribution in [2.75, 3.05) is 0 Å². The minimum Gasteiger partial charge on any atom is -0.338 e. The summed E-state index contributed by atoms with van der Waals surface area (Å²) < 4.78 is 4.53. The third-order valence-corrected chi connectivity index (χ3v) is 2.54. The van der Waals surface area contributed by atoms with Crippen LogP contribution in [-0.2, 0) is 0 Å². The predicted octanol–water partition coefficient (Wildman–Crippen LogP) is 2.94. The summed E-state index contributed by atoms with van der Waals surface area (Å²) in [6.07, 6.45) is 1.47. The zero-order valence-corrected chi connectivity index (χ0v) is 8.39. The van der Waals surface area contributed by atoms with Gasteiger partial charge in [-0.05, 0) is 17.7 Å². The highest BCUT2D eigenvalue weighted by atomic mass is 35.5. The molecule has 0 unspecified atom stereocenters. The third-order valence-electron chi connectivity index (χ3n) is 1.81. The molecule has 0 aliphatic heterocycles. The van der Waals surface area contributed by atoms with Gasteiger partial charge in [0.2, 0.25) is 0 Å². The van der Waals surface area contributed by atoms with Crippen LogP contribution in [0.25, 0.3) is 11.1 Å². The van der Waals surface area contributed by atoms with Crippen molar-refractivity contribution in [1.82, 2.24) is 5.16 Å². The monoisotopic (exact) mass is 229 g/mol. The highest BCUT2D eigenvalue weighted by Crippen LogP contribution is 2.26. The van der Waals surface area contributed by atoms with Gasteiger partial charge in [-0.2, -0.15) is 0 Å². The molecule has 3 nitrogen and oxygen atoms in total. The predicted molar refractivity (Wildman–Crippen MR) is 54.8 cm³/mol. The van der Waals surface area contributed by atoms with Gasteiger partial charge in [-0.25, -0.2) is 9.95 Å². The van der Waals surface area contributed by atoms with E-state index in [1.807, 2.05) is 0 Å². The molecule has 2 aromatic rings. The second-order valence-electron chi connectivity index (χ2n) is 2.69. The van der Waals surface area contributed by atoms with Crippen molar-refractivity contribution in [3.05, 3.63) is 44.9 Å². The molecule has 0 saturated heterocycles. The van der Waals surface area contributed by atoms with Crippen LogP contribution in [-0.4, -0.2) is 5.16 Å². The molecule has 0 aliphatic rings. The number of aromatic amines is 1. The average molecular weight is 230 g/mol. The van der Waals surface area contributed by atoms with Crippen LogP contribution in [0.4, 0.5) is 0 Å². The number of nitrogens with one attached hydrogen (secondary N) is 1. The van der Waals surface area contributed by atoms with Crippen LogP contribution >= 0.6 is 23.2 Å². The summed E-state index contributed by atoms with van der Waals surface area (Å²) in [6.45, 7) is 0. The first-order valence-electron chi connectivity index (χ1n) is 3.81. The van der Waals surface area contributed by atoms with Gasteiger partial charge >= 0.3 is 5.63 Å². The SMILES string of the molecule is O=c1o[nH]cc1-c1ccc(Cl)c(Cl)c1. The Morgan fingerprint density at radius 3 is 2.57 bits per heavy atom. The van der Waals surface area contributed by atoms with Gasteiger partial charge in [-0.3, -0.25) is 0 Å². The maximum atomic E-state index is 11.1. The number of hydrogen-bond acceptors (Lipinski definition) is 2. The standard InChI is InChI=1S/C9H5Cl2NO2/c10-7-2-1-5(3-8(7)11)6-4-12-14-9(6)13/h1-4,12H. The van der Waals surface area contributed by atoms with E-state index >= 15 is 0 Å². The Bertz CT molecular complexity index is 516. The Hall–Kier alpha value is -1.19. The lowest BCUT2D eigenvalue weighted by Crippen LogP contribution is -1.95. The van der Waals surface area contributed by atoms with Crippen LogP contribution in [0.1, 0.15) is 0 Å². The first-order chi connectivity index (χ1) is 6.68. The molecule has 0 atom stereocenters. The fourth-order valence-electron chi connectivity index (χ4n) is 1.12. The molecule has 0 fully saturated rings. The Balaban J connectivity index is 2.59. The zero-order chi connectivity index (χ0) is 10.1. The number of benzene rings is 1. The summed E-state index contributed by atoms with van der Waals surface area (Å²) in [5.41, 5.74) is 0.682. The Kier molecular flexibility index (Phi) is 2.35. The van der Waals surface area contributed by atoms with Crippen LogP contribution in [0.5, 0.6) is 0 Å². The fourth-order valence-corrected chi connectivity index (χ4v) is 1.42. The smallest absolute Gasteiger partial charge is 0.338 e. The van der Waals surface area contributed by atoms with Crippen molar-refractivity contribution in [2.24, 2.45) is 0 Å². The molecular formula is C9H5Cl2NO2. The van der Waals surface area contributed by atoms with Crippen molar-refractivity contribution < 1.29 is 4.52 Å². The number of hydrogen-bond donors (Lipinski definition) is 1. The average Bonchev–Trinajstić information content (AvgIpc) is 2.57. The van der Waals surface area contributed by atoms with Crippen LogP contribution in [0, 0.1) is 0 Å². The molecule has 5 heteroatoms. The molecule has 0 radical (unpaired) electrons. The number of halogens is 2. The van der Waals surface area contributed by atoms with E-state index in [1.165, 1.54) is 6.20 Å². The normalized spacial score (nSPS) is 10.4. The molecule has 1 N–H and O–H groups in total. The second kappa shape index (κ2) is 3.52. The Morgan fingerprint density at radius 1 is 1.21 bits per heavy atom. The van der Waals surface area contributed by atoms with Gasteiger partial charge in [-0.1, -0.05) is 29.3 Å². The summed E-state index contributed by atoms with van der Waals surface area (Å²) in [5.74, 6) is 0. The minimum absolute atomic E-state index is 0.407. The van der Waals surface area contributed by atoms with Gasteiger partial charge in [0.25, 0.3) is 0 Å². The summed E-state index contributed by atoms with van der Waals surface area (Å²) in [5, 5.41) is 3.23. The molecule has 0 amide bonds. The summed E-state index contributed by atoms with van der Waals surface area (Å²) >= 11 is 11.5. The lowest BCUT2D eigenvalue weighted by Gasteiger charge is -1.97. The van der Waals surface area contributed by atoms with E-state index in [4.69, 9.17) is 23.2 Å². The van der Waals surface area contributed by atoms with Crippen molar-refractivity contribution in [3.8, 4) is 11.1 Å². The number of aromatic nitrogens is 1. The van der Waals surface area contributed by atoms with Gasteiger partial charge in [0.15, 0.2) is 0 Å². The third kappa shape index (κ3) is 1.56.